The van der Waals surface area contributed by atoms with Gasteiger partial charge in [-0.15, -0.1) is 0 Å². The molecule has 2 fully saturated rings. The summed E-state index contributed by atoms with van der Waals surface area (Å²) in [4.78, 5) is 20.0. The molecule has 1 unspecified atom stereocenters. The van der Waals surface area contributed by atoms with Gasteiger partial charge in [-0.25, -0.2) is 9.97 Å². The molecule has 0 spiro atoms. The van der Waals surface area contributed by atoms with Crippen molar-refractivity contribution in [3.8, 4) is 17.4 Å². The fourth-order valence-electron chi connectivity index (χ4n) is 4.13. The van der Waals surface area contributed by atoms with Crippen LogP contribution in [-0.2, 0) is 0 Å². The smallest absolute Gasteiger partial charge is 0.231 e. The number of hydrogen-bond donors (Lipinski definition) is 2. The lowest BCUT2D eigenvalue weighted by molar-refractivity contribution is 0.361. The molecular weight excluding hydrogens is 422 g/mol. The summed E-state index contributed by atoms with van der Waals surface area (Å²) in [6.45, 7) is 0.795. The number of aromatic nitrogens is 7. The van der Waals surface area contributed by atoms with Crippen molar-refractivity contribution in [1.82, 2.24) is 35.3 Å². The van der Waals surface area contributed by atoms with Crippen molar-refractivity contribution in [2.75, 3.05) is 23.9 Å². The molecule has 2 N–H and O–H groups in total. The largest absolute Gasteiger partial charge is 0.481 e. The molecule has 168 valence electrons. The maximum atomic E-state index is 5.68. The van der Waals surface area contributed by atoms with E-state index in [0.717, 1.165) is 36.7 Å². The molecule has 1 atom stereocenters. The highest BCUT2D eigenvalue weighted by atomic mass is 16.5. The van der Waals surface area contributed by atoms with Crippen LogP contribution in [0.1, 0.15) is 49.1 Å². The second kappa shape index (κ2) is 8.15. The van der Waals surface area contributed by atoms with Crippen LogP contribution in [0.25, 0.3) is 11.5 Å². The molecule has 5 heterocycles. The van der Waals surface area contributed by atoms with Crippen molar-refractivity contribution in [3.63, 3.8) is 0 Å². The molecule has 1 aliphatic heterocycles. The van der Waals surface area contributed by atoms with Crippen LogP contribution in [0.4, 0.5) is 17.6 Å². The molecule has 0 aromatic carbocycles. The zero-order valence-corrected chi connectivity index (χ0v) is 18.1. The number of anilines is 3. The molecule has 33 heavy (non-hydrogen) atoms. The summed E-state index contributed by atoms with van der Waals surface area (Å²) < 4.78 is 11.1. The maximum absolute atomic E-state index is 5.68. The summed E-state index contributed by atoms with van der Waals surface area (Å²) in [5, 5.41) is 14.9. The van der Waals surface area contributed by atoms with E-state index in [4.69, 9.17) is 14.2 Å². The minimum absolute atomic E-state index is 0.0400. The first-order chi connectivity index (χ1) is 16.3. The average molecular weight is 445 g/mol. The van der Waals surface area contributed by atoms with Crippen LogP contribution in [0.5, 0.6) is 5.88 Å². The molecule has 11 heteroatoms. The van der Waals surface area contributed by atoms with Crippen LogP contribution in [-0.4, -0.2) is 48.9 Å². The summed E-state index contributed by atoms with van der Waals surface area (Å²) >= 11 is 0. The van der Waals surface area contributed by atoms with E-state index in [9.17, 15) is 0 Å². The molecule has 0 bridgehead atoms. The third-order valence-corrected chi connectivity index (χ3v) is 5.93. The molecule has 4 aromatic rings. The number of rotatable bonds is 7. The monoisotopic (exact) mass is 445 g/mol. The van der Waals surface area contributed by atoms with Crippen molar-refractivity contribution in [2.24, 2.45) is 0 Å². The van der Waals surface area contributed by atoms with Crippen LogP contribution in [0.2, 0.25) is 0 Å². The Bertz CT molecular complexity index is 1250. The van der Waals surface area contributed by atoms with Gasteiger partial charge < -0.3 is 19.5 Å². The first kappa shape index (κ1) is 19.6. The van der Waals surface area contributed by atoms with Crippen molar-refractivity contribution >= 4 is 17.6 Å². The van der Waals surface area contributed by atoms with Crippen molar-refractivity contribution in [2.45, 2.75) is 37.6 Å². The summed E-state index contributed by atoms with van der Waals surface area (Å²) in [7, 11) is 1.60. The maximum Gasteiger partial charge on any atom is 0.231 e. The first-order valence-corrected chi connectivity index (χ1v) is 11.0. The highest BCUT2D eigenvalue weighted by molar-refractivity contribution is 5.56. The van der Waals surface area contributed by atoms with E-state index in [1.807, 2.05) is 12.1 Å². The Morgan fingerprint density at radius 3 is 2.79 bits per heavy atom. The minimum Gasteiger partial charge on any atom is -0.481 e. The lowest BCUT2D eigenvalue weighted by Gasteiger charge is -2.23. The lowest BCUT2D eigenvalue weighted by Crippen LogP contribution is -2.24. The lowest BCUT2D eigenvalue weighted by atomic mass is 10.1. The fourth-order valence-corrected chi connectivity index (χ4v) is 4.13. The van der Waals surface area contributed by atoms with Gasteiger partial charge in [0, 0.05) is 48.7 Å². The molecule has 1 aliphatic carbocycles. The Morgan fingerprint density at radius 1 is 1.09 bits per heavy atom. The predicted molar refractivity (Wildman–Crippen MR) is 119 cm³/mol. The van der Waals surface area contributed by atoms with Crippen molar-refractivity contribution < 1.29 is 9.26 Å². The average Bonchev–Trinajstić information content (AvgIpc) is 3.23. The van der Waals surface area contributed by atoms with Gasteiger partial charge in [-0.05, 0) is 31.7 Å². The third kappa shape index (κ3) is 3.97. The molecule has 4 aromatic heterocycles. The third-order valence-electron chi connectivity index (χ3n) is 5.93. The van der Waals surface area contributed by atoms with E-state index >= 15 is 0 Å². The molecule has 0 amide bonds. The van der Waals surface area contributed by atoms with Crippen LogP contribution < -0.4 is 15.0 Å². The predicted octanol–water partition coefficient (Wildman–Crippen LogP) is 3.62. The van der Waals surface area contributed by atoms with Gasteiger partial charge in [-0.1, -0.05) is 5.16 Å². The Labute approximate surface area is 189 Å². The second-order valence-corrected chi connectivity index (χ2v) is 8.24. The fraction of sp³-hybridized carbons (Fsp3) is 0.364. The Kier molecular flexibility index (Phi) is 4.85. The molecule has 6 rings (SSSR count). The van der Waals surface area contributed by atoms with E-state index in [-0.39, 0.29) is 6.04 Å². The molecule has 1 saturated carbocycles. The van der Waals surface area contributed by atoms with Gasteiger partial charge in [0.1, 0.15) is 5.82 Å². The molecule has 2 aliphatic rings. The standard InChI is InChI=1S/C22H23N9O2/c1-32-20-12-18(25-19-11-14(28-29-19)13-5-6-13)26-22(27-20)31-9-2-4-16(31)17-10-15(30-33-17)21-23-7-3-8-24-21/h3,7-8,10-13,16H,2,4-6,9H2,1H3,(H2,25,26,27,28,29). The summed E-state index contributed by atoms with van der Waals surface area (Å²) in [6, 6.07) is 7.42. The Balaban J connectivity index is 1.27. The van der Waals surface area contributed by atoms with E-state index < -0.39 is 0 Å². The SMILES string of the molecule is COc1cc(Nc2cc(C3CC3)[nH]n2)nc(N2CCCC2c2cc(-c3ncccn3)no2)n1. The quantitative estimate of drug-likeness (QED) is 0.435. The topological polar surface area (TPSA) is 131 Å². The Hall–Kier alpha value is -4.02. The van der Waals surface area contributed by atoms with E-state index in [2.05, 4.69) is 40.5 Å². The Morgan fingerprint density at radius 2 is 1.97 bits per heavy atom. The number of nitrogens with one attached hydrogen (secondary N) is 2. The number of nitrogens with zero attached hydrogens (tertiary/aromatic N) is 7. The van der Waals surface area contributed by atoms with Crippen molar-refractivity contribution in [3.05, 3.63) is 48.1 Å². The second-order valence-electron chi connectivity index (χ2n) is 8.24. The first-order valence-electron chi connectivity index (χ1n) is 11.0. The van der Waals surface area contributed by atoms with Gasteiger partial charge in [0.15, 0.2) is 23.1 Å². The van der Waals surface area contributed by atoms with Gasteiger partial charge in [0.05, 0.1) is 13.2 Å². The summed E-state index contributed by atoms with van der Waals surface area (Å²) in [6.07, 6.45) is 7.67. The highest BCUT2D eigenvalue weighted by Gasteiger charge is 2.32. The molecular formula is C22H23N9O2. The number of H-pyrrole nitrogens is 1. The van der Waals surface area contributed by atoms with Gasteiger partial charge >= 0.3 is 0 Å². The summed E-state index contributed by atoms with van der Waals surface area (Å²) in [5.41, 5.74) is 1.76. The molecule has 0 radical (unpaired) electrons. The van der Waals surface area contributed by atoms with Crippen LogP contribution in [0.3, 0.4) is 0 Å². The molecule has 1 saturated heterocycles. The normalized spacial score (nSPS) is 18.0. The number of hydrogen-bond acceptors (Lipinski definition) is 10. The van der Waals surface area contributed by atoms with Gasteiger partial charge in [0.2, 0.25) is 11.8 Å². The van der Waals surface area contributed by atoms with E-state index in [1.54, 1.807) is 31.6 Å². The van der Waals surface area contributed by atoms with Crippen LogP contribution in [0, 0.1) is 0 Å². The number of aromatic amines is 1. The highest BCUT2D eigenvalue weighted by Crippen LogP contribution is 2.40. The van der Waals surface area contributed by atoms with Gasteiger partial charge in [-0.2, -0.15) is 15.1 Å². The number of ether oxygens (including phenoxy) is 1. The minimum atomic E-state index is -0.0400. The van der Waals surface area contributed by atoms with Crippen LogP contribution >= 0.6 is 0 Å². The number of methoxy groups -OCH3 is 1. The van der Waals surface area contributed by atoms with Crippen molar-refractivity contribution in [1.29, 1.82) is 0 Å². The van der Waals surface area contributed by atoms with Gasteiger partial charge in [-0.3, -0.25) is 5.10 Å². The van der Waals surface area contributed by atoms with E-state index in [0.29, 0.717) is 35.1 Å². The van der Waals surface area contributed by atoms with E-state index in [1.165, 1.54) is 12.8 Å². The molecule has 11 nitrogen and oxygen atoms in total. The summed E-state index contributed by atoms with van der Waals surface area (Å²) in [5.74, 6) is 4.25. The zero-order chi connectivity index (χ0) is 22.2. The van der Waals surface area contributed by atoms with Crippen LogP contribution in [0.15, 0.2) is 41.2 Å². The van der Waals surface area contributed by atoms with Gasteiger partial charge in [0.25, 0.3) is 0 Å². The zero-order valence-electron chi connectivity index (χ0n) is 18.1.